The van der Waals surface area contributed by atoms with Gasteiger partial charge in [0.25, 0.3) is 0 Å². The third-order valence-corrected chi connectivity index (χ3v) is 7.01. The lowest BCUT2D eigenvalue weighted by atomic mass is 10.2. The molecule has 1 fully saturated rings. The molecule has 0 saturated carbocycles. The van der Waals surface area contributed by atoms with E-state index in [1.165, 1.54) is 22.1 Å². The monoisotopic (exact) mass is 425 g/mol. The zero-order valence-corrected chi connectivity index (χ0v) is 17.4. The Morgan fingerprint density at radius 3 is 2.79 bits per heavy atom. The van der Waals surface area contributed by atoms with E-state index in [1.807, 2.05) is 13.8 Å². The molecule has 0 bridgehead atoms. The fourth-order valence-corrected chi connectivity index (χ4v) is 4.70. The fourth-order valence-electron chi connectivity index (χ4n) is 2.65. The molecular weight excluding hydrogens is 402 g/mol. The van der Waals surface area contributed by atoms with Crippen LogP contribution in [0.15, 0.2) is 28.3 Å². The first-order chi connectivity index (χ1) is 13.4. The van der Waals surface area contributed by atoms with Gasteiger partial charge in [-0.15, -0.1) is 5.10 Å². The maximum atomic E-state index is 12.8. The summed E-state index contributed by atoms with van der Waals surface area (Å²) in [6.45, 7) is 5.19. The molecule has 1 saturated heterocycles. The van der Waals surface area contributed by atoms with Crippen molar-refractivity contribution in [2.45, 2.75) is 30.3 Å². The molecule has 11 heteroatoms. The van der Waals surface area contributed by atoms with Gasteiger partial charge in [-0.25, -0.2) is 13.4 Å². The Labute approximate surface area is 168 Å². The molecule has 2 heterocycles. The number of thioether (sulfide) groups is 1. The van der Waals surface area contributed by atoms with Crippen molar-refractivity contribution in [1.29, 1.82) is 0 Å². The Kier molecular flexibility index (Phi) is 6.70. The first-order valence-corrected chi connectivity index (χ1v) is 11.3. The lowest BCUT2D eigenvalue weighted by molar-refractivity contribution is -0.113. The van der Waals surface area contributed by atoms with Crippen LogP contribution in [0, 0.1) is 6.92 Å². The van der Waals surface area contributed by atoms with Gasteiger partial charge in [0.1, 0.15) is 5.82 Å². The summed E-state index contributed by atoms with van der Waals surface area (Å²) in [5.41, 5.74) is 1.26. The highest BCUT2D eigenvalue weighted by molar-refractivity contribution is 7.99. The number of anilines is 1. The highest BCUT2D eigenvalue weighted by atomic mass is 32.2. The number of aryl methyl sites for hydroxylation is 2. The normalized spacial score (nSPS) is 15.5. The van der Waals surface area contributed by atoms with Crippen LogP contribution >= 0.6 is 11.8 Å². The maximum Gasteiger partial charge on any atom is 0.243 e. The van der Waals surface area contributed by atoms with Crippen LogP contribution in [0.25, 0.3) is 0 Å². The lowest BCUT2D eigenvalue weighted by Gasteiger charge is -2.26. The summed E-state index contributed by atoms with van der Waals surface area (Å²) in [6, 6.07) is 4.76. The Balaban J connectivity index is 1.68. The molecule has 1 amide bonds. The predicted octanol–water partition coefficient (Wildman–Crippen LogP) is 1.43. The maximum absolute atomic E-state index is 12.8. The summed E-state index contributed by atoms with van der Waals surface area (Å²) in [5, 5.41) is 10.1. The van der Waals surface area contributed by atoms with Crippen molar-refractivity contribution in [2.24, 2.45) is 0 Å². The summed E-state index contributed by atoms with van der Waals surface area (Å²) in [6.07, 6.45) is 0.739. The van der Waals surface area contributed by atoms with Crippen LogP contribution < -0.4 is 5.32 Å². The Bertz CT molecular complexity index is 939. The summed E-state index contributed by atoms with van der Waals surface area (Å²) in [7, 11) is -3.62. The summed E-state index contributed by atoms with van der Waals surface area (Å²) >= 11 is 1.22. The number of aromatic nitrogens is 3. The molecular formula is C17H23N5O4S2. The van der Waals surface area contributed by atoms with E-state index in [1.54, 1.807) is 12.1 Å². The van der Waals surface area contributed by atoms with Gasteiger partial charge in [0.05, 0.1) is 23.9 Å². The largest absolute Gasteiger partial charge is 0.379 e. The molecule has 28 heavy (non-hydrogen) atoms. The quantitative estimate of drug-likeness (QED) is 0.644. The van der Waals surface area contributed by atoms with Gasteiger partial charge in [0.15, 0.2) is 0 Å². The lowest BCUT2D eigenvalue weighted by Crippen LogP contribution is -2.40. The molecule has 0 spiro atoms. The van der Waals surface area contributed by atoms with Crippen molar-refractivity contribution in [3.05, 3.63) is 29.6 Å². The number of amides is 1. The van der Waals surface area contributed by atoms with Crippen LogP contribution in [0.3, 0.4) is 0 Å². The highest BCUT2D eigenvalue weighted by Crippen LogP contribution is 2.24. The van der Waals surface area contributed by atoms with Gasteiger partial charge in [-0.2, -0.15) is 4.31 Å². The number of aromatic amines is 1. The van der Waals surface area contributed by atoms with Crippen molar-refractivity contribution >= 4 is 33.4 Å². The van der Waals surface area contributed by atoms with Crippen LogP contribution in [0.1, 0.15) is 18.3 Å². The second-order valence-corrected chi connectivity index (χ2v) is 9.13. The molecule has 2 N–H and O–H groups in total. The van der Waals surface area contributed by atoms with Gasteiger partial charge >= 0.3 is 0 Å². The van der Waals surface area contributed by atoms with Gasteiger partial charge in [-0.05, 0) is 24.6 Å². The number of benzene rings is 1. The summed E-state index contributed by atoms with van der Waals surface area (Å²) in [4.78, 5) is 16.7. The number of H-pyrrole nitrogens is 1. The number of carbonyl (C=O) groups is 1. The number of hydrogen-bond donors (Lipinski definition) is 2. The van der Waals surface area contributed by atoms with Gasteiger partial charge in [0, 0.05) is 25.2 Å². The van der Waals surface area contributed by atoms with E-state index < -0.39 is 10.0 Å². The van der Waals surface area contributed by atoms with Crippen molar-refractivity contribution in [3.63, 3.8) is 0 Å². The number of hydrogen-bond acceptors (Lipinski definition) is 7. The average Bonchev–Trinajstić information content (AvgIpc) is 3.17. The molecule has 9 nitrogen and oxygen atoms in total. The number of morpholine rings is 1. The fraction of sp³-hybridized carbons (Fsp3) is 0.471. The molecule has 1 aliphatic heterocycles. The molecule has 152 valence electrons. The molecule has 2 aromatic rings. The second kappa shape index (κ2) is 9.03. The minimum absolute atomic E-state index is 0.126. The Morgan fingerprint density at radius 2 is 2.11 bits per heavy atom. The molecule has 0 unspecified atom stereocenters. The molecule has 0 radical (unpaired) electrons. The zero-order chi connectivity index (χ0) is 20.1. The van der Waals surface area contributed by atoms with Crippen LogP contribution in [-0.4, -0.2) is 65.9 Å². The molecule has 3 rings (SSSR count). The third kappa shape index (κ3) is 4.90. The summed E-state index contributed by atoms with van der Waals surface area (Å²) in [5.74, 6) is 0.637. The number of carbonyl (C=O) groups excluding carboxylic acids is 1. The van der Waals surface area contributed by atoms with E-state index >= 15 is 0 Å². The predicted molar refractivity (Wildman–Crippen MR) is 106 cm³/mol. The number of nitrogens with one attached hydrogen (secondary N) is 2. The molecule has 0 atom stereocenters. The van der Waals surface area contributed by atoms with E-state index in [-0.39, 0.29) is 16.6 Å². The van der Waals surface area contributed by atoms with Crippen molar-refractivity contribution in [2.75, 3.05) is 37.4 Å². The number of nitrogens with zero attached hydrogens (tertiary/aromatic N) is 3. The van der Waals surface area contributed by atoms with E-state index in [0.29, 0.717) is 37.1 Å². The third-order valence-electron chi connectivity index (χ3n) is 4.27. The average molecular weight is 426 g/mol. The smallest absolute Gasteiger partial charge is 0.243 e. The number of ether oxygens (including phenoxy) is 1. The van der Waals surface area contributed by atoms with E-state index in [0.717, 1.165) is 17.8 Å². The van der Waals surface area contributed by atoms with Gasteiger partial charge < -0.3 is 10.1 Å². The minimum Gasteiger partial charge on any atom is -0.379 e. The topological polar surface area (TPSA) is 117 Å². The Hall–Kier alpha value is -1.95. The standard InChI is InChI=1S/C17H23N5O4S2/c1-3-15-19-17(21-20-15)27-11-16(23)18-14-10-13(5-4-12(14)2)28(24,25)22-6-8-26-9-7-22/h4-5,10H,3,6-9,11H2,1-2H3,(H,18,23)(H,19,20,21). The van der Waals surface area contributed by atoms with Gasteiger partial charge in [0.2, 0.25) is 21.1 Å². The van der Waals surface area contributed by atoms with E-state index in [2.05, 4.69) is 20.5 Å². The molecule has 1 aromatic heterocycles. The van der Waals surface area contributed by atoms with E-state index in [4.69, 9.17) is 4.74 Å². The SMILES string of the molecule is CCc1nc(SCC(=O)Nc2cc(S(=O)(=O)N3CCOCC3)ccc2C)n[nH]1. The minimum atomic E-state index is -3.62. The first-order valence-electron chi connectivity index (χ1n) is 8.92. The molecule has 1 aromatic carbocycles. The van der Waals surface area contributed by atoms with Crippen molar-refractivity contribution in [1.82, 2.24) is 19.5 Å². The molecule has 1 aliphatic rings. The van der Waals surface area contributed by atoms with Gasteiger partial charge in [-0.1, -0.05) is 24.8 Å². The van der Waals surface area contributed by atoms with Crippen molar-refractivity contribution in [3.8, 4) is 0 Å². The molecule has 0 aliphatic carbocycles. The summed E-state index contributed by atoms with van der Waals surface area (Å²) < 4.78 is 32.2. The number of sulfonamides is 1. The first kappa shape index (κ1) is 20.8. The second-order valence-electron chi connectivity index (χ2n) is 6.25. The van der Waals surface area contributed by atoms with Crippen LogP contribution in [-0.2, 0) is 26.0 Å². The van der Waals surface area contributed by atoms with E-state index in [9.17, 15) is 13.2 Å². The van der Waals surface area contributed by atoms with Crippen LogP contribution in [0.5, 0.6) is 0 Å². The van der Waals surface area contributed by atoms with Crippen LogP contribution in [0.2, 0.25) is 0 Å². The van der Waals surface area contributed by atoms with Crippen LogP contribution in [0.4, 0.5) is 5.69 Å². The zero-order valence-electron chi connectivity index (χ0n) is 15.8. The number of rotatable bonds is 7. The highest BCUT2D eigenvalue weighted by Gasteiger charge is 2.26. The Morgan fingerprint density at radius 1 is 1.36 bits per heavy atom. The van der Waals surface area contributed by atoms with Crippen molar-refractivity contribution < 1.29 is 17.9 Å². The van der Waals surface area contributed by atoms with Gasteiger partial charge in [-0.3, -0.25) is 9.89 Å².